The highest BCUT2D eigenvalue weighted by molar-refractivity contribution is 7.99. The Hall–Kier alpha value is -1.36. The lowest BCUT2D eigenvalue weighted by atomic mass is 10.0. The van der Waals surface area contributed by atoms with Crippen LogP contribution in [0, 0.1) is 0 Å². The second-order valence-corrected chi connectivity index (χ2v) is 5.46. The van der Waals surface area contributed by atoms with Gasteiger partial charge in [0.25, 0.3) is 0 Å². The molecule has 5 heteroatoms. The van der Waals surface area contributed by atoms with E-state index < -0.39 is 0 Å². The highest BCUT2D eigenvalue weighted by Gasteiger charge is 2.20. The molecule has 17 heavy (non-hydrogen) atoms. The number of fused-ring (bicyclic) bond motifs is 1. The van der Waals surface area contributed by atoms with Gasteiger partial charge in [-0.25, -0.2) is 9.50 Å². The van der Waals surface area contributed by atoms with E-state index >= 15 is 0 Å². The van der Waals surface area contributed by atoms with Crippen LogP contribution in [0.2, 0.25) is 0 Å². The molecule has 1 aliphatic heterocycles. The SMILES string of the molecule is O=Cc1ccc2nc(C3CCSCC3)nn2c1. The Morgan fingerprint density at radius 1 is 1.35 bits per heavy atom. The van der Waals surface area contributed by atoms with Crippen molar-refractivity contribution in [3.8, 4) is 0 Å². The van der Waals surface area contributed by atoms with E-state index in [9.17, 15) is 4.79 Å². The molecule has 0 N–H and O–H groups in total. The number of aldehydes is 1. The number of aromatic nitrogens is 3. The van der Waals surface area contributed by atoms with Crippen LogP contribution in [0.25, 0.3) is 5.65 Å². The first-order valence-electron chi connectivity index (χ1n) is 5.76. The van der Waals surface area contributed by atoms with Crippen molar-refractivity contribution in [1.29, 1.82) is 0 Å². The topological polar surface area (TPSA) is 47.3 Å². The number of hydrogen-bond donors (Lipinski definition) is 0. The highest BCUT2D eigenvalue weighted by atomic mass is 32.2. The summed E-state index contributed by atoms with van der Waals surface area (Å²) in [5.74, 6) is 3.80. The van der Waals surface area contributed by atoms with Gasteiger partial charge in [0.05, 0.1) is 0 Å². The van der Waals surface area contributed by atoms with Gasteiger partial charge in [-0.15, -0.1) is 0 Å². The Labute approximate surface area is 103 Å². The van der Waals surface area contributed by atoms with Crippen molar-refractivity contribution >= 4 is 23.7 Å². The molecule has 3 heterocycles. The summed E-state index contributed by atoms with van der Waals surface area (Å²) in [5, 5.41) is 4.48. The van der Waals surface area contributed by atoms with Crippen LogP contribution < -0.4 is 0 Å². The van der Waals surface area contributed by atoms with E-state index in [1.807, 2.05) is 17.8 Å². The molecule has 1 saturated heterocycles. The van der Waals surface area contributed by atoms with Crippen molar-refractivity contribution in [2.45, 2.75) is 18.8 Å². The summed E-state index contributed by atoms with van der Waals surface area (Å²) in [7, 11) is 0. The molecule has 0 aliphatic carbocycles. The summed E-state index contributed by atoms with van der Waals surface area (Å²) in [4.78, 5) is 15.2. The second kappa shape index (κ2) is 4.49. The Morgan fingerprint density at radius 2 is 2.18 bits per heavy atom. The third-order valence-corrected chi connectivity index (χ3v) is 4.14. The molecule has 0 unspecified atom stereocenters. The number of rotatable bonds is 2. The Kier molecular flexibility index (Phi) is 2.84. The number of nitrogens with zero attached hydrogens (tertiary/aromatic N) is 3. The molecule has 2 aromatic heterocycles. The minimum absolute atomic E-state index is 0.482. The first-order valence-corrected chi connectivity index (χ1v) is 6.91. The first-order chi connectivity index (χ1) is 8.36. The molecule has 0 radical (unpaired) electrons. The molecule has 0 amide bonds. The number of pyridine rings is 1. The van der Waals surface area contributed by atoms with Crippen LogP contribution in [0.3, 0.4) is 0 Å². The third-order valence-electron chi connectivity index (χ3n) is 3.09. The van der Waals surface area contributed by atoms with E-state index in [1.54, 1.807) is 16.8 Å². The van der Waals surface area contributed by atoms with Crippen LogP contribution in [0.5, 0.6) is 0 Å². The van der Waals surface area contributed by atoms with Gasteiger partial charge in [0.1, 0.15) is 0 Å². The molecule has 0 spiro atoms. The van der Waals surface area contributed by atoms with E-state index in [0.717, 1.165) is 30.6 Å². The quantitative estimate of drug-likeness (QED) is 0.763. The van der Waals surface area contributed by atoms with Gasteiger partial charge in [-0.1, -0.05) is 0 Å². The van der Waals surface area contributed by atoms with Crippen molar-refractivity contribution in [2.75, 3.05) is 11.5 Å². The summed E-state index contributed by atoms with van der Waals surface area (Å²) < 4.78 is 1.71. The lowest BCUT2D eigenvalue weighted by Gasteiger charge is -2.17. The number of carbonyl (C=O) groups is 1. The Morgan fingerprint density at radius 3 is 2.94 bits per heavy atom. The van der Waals surface area contributed by atoms with Gasteiger partial charge in [-0.3, -0.25) is 4.79 Å². The number of hydrogen-bond acceptors (Lipinski definition) is 4. The van der Waals surface area contributed by atoms with E-state index in [2.05, 4.69) is 10.1 Å². The van der Waals surface area contributed by atoms with E-state index in [4.69, 9.17) is 0 Å². The van der Waals surface area contributed by atoms with Crippen LogP contribution in [0.4, 0.5) is 0 Å². The molecule has 1 aliphatic rings. The number of thioether (sulfide) groups is 1. The largest absolute Gasteiger partial charge is 0.298 e. The van der Waals surface area contributed by atoms with Gasteiger partial charge in [-0.05, 0) is 36.5 Å². The molecular formula is C12H13N3OS. The molecule has 2 aromatic rings. The zero-order valence-electron chi connectivity index (χ0n) is 9.37. The monoisotopic (exact) mass is 247 g/mol. The molecular weight excluding hydrogens is 234 g/mol. The lowest BCUT2D eigenvalue weighted by Crippen LogP contribution is -2.09. The summed E-state index contributed by atoms with van der Waals surface area (Å²) in [5.41, 5.74) is 1.46. The minimum atomic E-state index is 0.482. The molecule has 4 nitrogen and oxygen atoms in total. The van der Waals surface area contributed by atoms with Crippen LogP contribution in [-0.2, 0) is 0 Å². The number of carbonyl (C=O) groups excluding carboxylic acids is 1. The molecule has 88 valence electrons. The van der Waals surface area contributed by atoms with E-state index in [1.165, 1.54) is 11.5 Å². The van der Waals surface area contributed by atoms with Crippen molar-refractivity contribution in [2.24, 2.45) is 0 Å². The molecule has 0 saturated carbocycles. The second-order valence-electron chi connectivity index (χ2n) is 4.24. The first kappa shape index (κ1) is 10.8. The lowest BCUT2D eigenvalue weighted by molar-refractivity contribution is 0.112. The Balaban J connectivity index is 1.97. The van der Waals surface area contributed by atoms with Crippen molar-refractivity contribution < 1.29 is 4.79 Å². The van der Waals surface area contributed by atoms with Crippen LogP contribution >= 0.6 is 11.8 Å². The van der Waals surface area contributed by atoms with Crippen LogP contribution in [-0.4, -0.2) is 32.4 Å². The van der Waals surface area contributed by atoms with Gasteiger partial charge in [0.2, 0.25) is 0 Å². The van der Waals surface area contributed by atoms with Gasteiger partial charge in [-0.2, -0.15) is 16.9 Å². The summed E-state index contributed by atoms with van der Waals surface area (Å²) in [6, 6.07) is 3.62. The highest BCUT2D eigenvalue weighted by Crippen LogP contribution is 2.29. The maximum atomic E-state index is 10.7. The Bertz CT molecular complexity index is 546. The maximum Gasteiger partial charge on any atom is 0.155 e. The third kappa shape index (κ3) is 2.07. The fourth-order valence-electron chi connectivity index (χ4n) is 2.11. The molecule has 0 aromatic carbocycles. The molecule has 1 fully saturated rings. The van der Waals surface area contributed by atoms with Crippen molar-refractivity contribution in [3.63, 3.8) is 0 Å². The summed E-state index contributed by atoms with van der Waals surface area (Å²) in [6.45, 7) is 0. The average Bonchev–Trinajstić information content (AvgIpc) is 2.82. The minimum Gasteiger partial charge on any atom is -0.298 e. The zero-order valence-corrected chi connectivity index (χ0v) is 10.2. The predicted octanol–water partition coefficient (Wildman–Crippen LogP) is 2.15. The van der Waals surface area contributed by atoms with Crippen molar-refractivity contribution in [1.82, 2.24) is 14.6 Å². The average molecular weight is 247 g/mol. The predicted molar refractivity (Wildman–Crippen MR) is 67.7 cm³/mol. The van der Waals surface area contributed by atoms with Crippen LogP contribution in [0.1, 0.15) is 34.9 Å². The van der Waals surface area contributed by atoms with Gasteiger partial charge in [0.15, 0.2) is 17.8 Å². The fourth-order valence-corrected chi connectivity index (χ4v) is 3.22. The standard InChI is InChI=1S/C12H13N3OS/c16-8-9-1-2-11-13-12(14-15(11)7-9)10-3-5-17-6-4-10/h1-2,7-8,10H,3-6H2. The van der Waals surface area contributed by atoms with Crippen molar-refractivity contribution in [3.05, 3.63) is 29.7 Å². The van der Waals surface area contributed by atoms with Gasteiger partial charge >= 0.3 is 0 Å². The van der Waals surface area contributed by atoms with Gasteiger partial charge in [0, 0.05) is 17.7 Å². The maximum absolute atomic E-state index is 10.7. The van der Waals surface area contributed by atoms with E-state index in [-0.39, 0.29) is 0 Å². The smallest absolute Gasteiger partial charge is 0.155 e. The van der Waals surface area contributed by atoms with Crippen LogP contribution in [0.15, 0.2) is 18.3 Å². The normalized spacial score (nSPS) is 17.4. The fraction of sp³-hybridized carbons (Fsp3) is 0.417. The zero-order chi connectivity index (χ0) is 11.7. The summed E-state index contributed by atoms with van der Waals surface area (Å²) >= 11 is 2.00. The molecule has 0 bridgehead atoms. The molecule has 3 rings (SSSR count). The van der Waals surface area contributed by atoms with Gasteiger partial charge < -0.3 is 0 Å². The summed E-state index contributed by atoms with van der Waals surface area (Å²) in [6.07, 6.45) is 4.87. The molecule has 0 atom stereocenters. The van der Waals surface area contributed by atoms with E-state index in [0.29, 0.717) is 11.5 Å².